The van der Waals surface area contributed by atoms with Crippen molar-refractivity contribution in [3.63, 3.8) is 0 Å². The first-order valence-electron chi connectivity index (χ1n) is 7.78. The zero-order valence-corrected chi connectivity index (χ0v) is 14.8. The highest BCUT2D eigenvalue weighted by Crippen LogP contribution is 2.32. The van der Waals surface area contributed by atoms with Gasteiger partial charge in [-0.3, -0.25) is 4.68 Å². The van der Waals surface area contributed by atoms with E-state index in [0.717, 1.165) is 33.6 Å². The molecule has 0 aliphatic heterocycles. The van der Waals surface area contributed by atoms with Crippen LogP contribution < -0.4 is 11.5 Å². The van der Waals surface area contributed by atoms with E-state index in [-0.39, 0.29) is 0 Å². The third-order valence-electron chi connectivity index (χ3n) is 4.23. The molecule has 0 unspecified atom stereocenters. The van der Waals surface area contributed by atoms with E-state index in [1.165, 1.54) is 0 Å². The Labute approximate surface area is 151 Å². The Hall–Kier alpha value is -2.97. The van der Waals surface area contributed by atoms with Gasteiger partial charge in [0.25, 0.3) is 0 Å². The number of aryl methyl sites for hydroxylation is 1. The number of nitrogens with zero attached hydrogens (tertiary/aromatic N) is 3. The van der Waals surface area contributed by atoms with Crippen molar-refractivity contribution in [1.82, 2.24) is 9.78 Å². The van der Waals surface area contributed by atoms with Gasteiger partial charge in [0.05, 0.1) is 17.1 Å². The topological polar surface area (TPSA) is 93.6 Å². The highest BCUT2D eigenvalue weighted by atomic mass is 35.5. The summed E-state index contributed by atoms with van der Waals surface area (Å²) in [6, 6.07) is 13.3. The molecule has 126 valence electrons. The Morgan fingerprint density at radius 1 is 1.16 bits per heavy atom. The zero-order chi connectivity index (χ0) is 18.1. The van der Waals surface area contributed by atoms with Crippen LogP contribution in [0, 0.1) is 25.2 Å². The second-order valence-electron chi connectivity index (χ2n) is 6.01. The lowest BCUT2D eigenvalue weighted by molar-refractivity contribution is 0.669. The summed E-state index contributed by atoms with van der Waals surface area (Å²) in [5.74, 6) is 0.420. The number of aromatic nitrogens is 2. The van der Waals surface area contributed by atoms with Gasteiger partial charge in [0, 0.05) is 16.9 Å². The van der Waals surface area contributed by atoms with Crippen LogP contribution >= 0.6 is 11.6 Å². The maximum atomic E-state index is 9.02. The Morgan fingerprint density at radius 2 is 1.92 bits per heavy atom. The molecular formula is C19H18ClN5. The van der Waals surface area contributed by atoms with Gasteiger partial charge in [0.2, 0.25) is 0 Å². The van der Waals surface area contributed by atoms with E-state index in [1.807, 2.05) is 42.8 Å². The summed E-state index contributed by atoms with van der Waals surface area (Å²) in [5, 5.41) is 13.9. The average Bonchev–Trinajstić information content (AvgIpc) is 2.84. The first-order valence-corrected chi connectivity index (χ1v) is 8.16. The van der Waals surface area contributed by atoms with E-state index in [2.05, 4.69) is 11.2 Å². The summed E-state index contributed by atoms with van der Waals surface area (Å²) in [6.07, 6.45) is 0. The highest BCUT2D eigenvalue weighted by Gasteiger charge is 2.16. The molecule has 0 aliphatic rings. The summed E-state index contributed by atoms with van der Waals surface area (Å²) >= 11 is 6.15. The van der Waals surface area contributed by atoms with Crippen LogP contribution in [-0.4, -0.2) is 9.78 Å². The molecule has 1 heterocycles. The van der Waals surface area contributed by atoms with Gasteiger partial charge >= 0.3 is 0 Å². The smallest absolute Gasteiger partial charge is 0.153 e. The standard InChI is InChI=1S/C19H18ClN5/c1-11-3-4-15(17(22)7-11)10-25-12(2)18(19(23)24-25)13-5-6-14(9-21)16(20)8-13/h3-8H,10,22H2,1-2H3,(H2,23,24). The SMILES string of the molecule is Cc1ccc(Cn2nc(N)c(-c3ccc(C#N)c(Cl)c3)c2C)c(N)c1. The molecule has 0 bridgehead atoms. The molecule has 3 rings (SSSR count). The molecule has 3 aromatic rings. The summed E-state index contributed by atoms with van der Waals surface area (Å²) < 4.78 is 1.83. The second-order valence-corrected chi connectivity index (χ2v) is 6.42. The second kappa shape index (κ2) is 6.50. The van der Waals surface area contributed by atoms with Gasteiger partial charge in [-0.2, -0.15) is 10.4 Å². The van der Waals surface area contributed by atoms with E-state index in [4.69, 9.17) is 28.3 Å². The normalized spacial score (nSPS) is 10.6. The highest BCUT2D eigenvalue weighted by molar-refractivity contribution is 6.32. The minimum atomic E-state index is 0.398. The van der Waals surface area contributed by atoms with E-state index < -0.39 is 0 Å². The molecule has 0 amide bonds. The monoisotopic (exact) mass is 351 g/mol. The van der Waals surface area contributed by atoms with E-state index in [0.29, 0.717) is 22.9 Å². The predicted molar refractivity (Wildman–Crippen MR) is 101 cm³/mol. The molecule has 5 nitrogen and oxygen atoms in total. The van der Waals surface area contributed by atoms with Gasteiger partial charge in [-0.25, -0.2) is 0 Å². The molecule has 0 spiro atoms. The predicted octanol–water partition coefficient (Wildman–Crippen LogP) is 3.90. The molecule has 2 aromatic carbocycles. The van der Waals surface area contributed by atoms with E-state index in [9.17, 15) is 0 Å². The number of benzene rings is 2. The maximum absolute atomic E-state index is 9.02. The van der Waals surface area contributed by atoms with Crippen LogP contribution in [0.1, 0.15) is 22.4 Å². The largest absolute Gasteiger partial charge is 0.398 e. The van der Waals surface area contributed by atoms with E-state index in [1.54, 1.807) is 12.1 Å². The van der Waals surface area contributed by atoms with Gasteiger partial charge in [-0.1, -0.05) is 29.8 Å². The van der Waals surface area contributed by atoms with Crippen molar-refractivity contribution in [3.8, 4) is 17.2 Å². The molecular weight excluding hydrogens is 334 g/mol. The van der Waals surface area contributed by atoms with Crippen LogP contribution in [0.15, 0.2) is 36.4 Å². The molecule has 25 heavy (non-hydrogen) atoms. The van der Waals surface area contributed by atoms with Crippen molar-refractivity contribution < 1.29 is 0 Å². The Kier molecular flexibility index (Phi) is 4.39. The van der Waals surface area contributed by atoms with Crippen molar-refractivity contribution in [2.45, 2.75) is 20.4 Å². The van der Waals surface area contributed by atoms with Gasteiger partial charge in [-0.05, 0) is 48.7 Å². The molecule has 0 fully saturated rings. The summed E-state index contributed by atoms with van der Waals surface area (Å²) in [5.41, 5.74) is 18.1. The Morgan fingerprint density at radius 3 is 2.56 bits per heavy atom. The third-order valence-corrected chi connectivity index (χ3v) is 4.55. The van der Waals surface area contributed by atoms with Gasteiger partial charge in [0.15, 0.2) is 5.82 Å². The fraction of sp³-hybridized carbons (Fsp3) is 0.158. The molecule has 4 N–H and O–H groups in total. The number of hydrogen-bond acceptors (Lipinski definition) is 4. The lowest BCUT2D eigenvalue weighted by Gasteiger charge is -2.09. The number of hydrogen-bond donors (Lipinski definition) is 2. The fourth-order valence-electron chi connectivity index (χ4n) is 2.86. The molecule has 0 atom stereocenters. The summed E-state index contributed by atoms with van der Waals surface area (Å²) in [7, 11) is 0. The van der Waals surface area contributed by atoms with Gasteiger partial charge in [0.1, 0.15) is 6.07 Å². The van der Waals surface area contributed by atoms with Gasteiger partial charge < -0.3 is 11.5 Å². The van der Waals surface area contributed by atoms with Crippen LogP contribution in [0.2, 0.25) is 5.02 Å². The van der Waals surface area contributed by atoms with Crippen molar-refractivity contribution >= 4 is 23.1 Å². The molecule has 0 aliphatic carbocycles. The fourth-order valence-corrected chi connectivity index (χ4v) is 3.08. The molecule has 0 saturated carbocycles. The minimum absolute atomic E-state index is 0.398. The molecule has 1 aromatic heterocycles. The Bertz CT molecular complexity index is 998. The molecule has 0 saturated heterocycles. The molecule has 0 radical (unpaired) electrons. The van der Waals surface area contributed by atoms with E-state index >= 15 is 0 Å². The lowest BCUT2D eigenvalue weighted by atomic mass is 10.0. The third kappa shape index (κ3) is 3.17. The maximum Gasteiger partial charge on any atom is 0.153 e. The quantitative estimate of drug-likeness (QED) is 0.699. The van der Waals surface area contributed by atoms with Gasteiger partial charge in [-0.15, -0.1) is 0 Å². The van der Waals surface area contributed by atoms with Crippen LogP contribution in [-0.2, 0) is 6.54 Å². The lowest BCUT2D eigenvalue weighted by Crippen LogP contribution is -2.07. The minimum Gasteiger partial charge on any atom is -0.398 e. The van der Waals surface area contributed by atoms with Crippen molar-refractivity contribution in [1.29, 1.82) is 5.26 Å². The first kappa shape index (κ1) is 16.9. The van der Waals surface area contributed by atoms with Crippen molar-refractivity contribution in [3.05, 3.63) is 63.8 Å². The van der Waals surface area contributed by atoms with Crippen LogP contribution in [0.25, 0.3) is 11.1 Å². The number of halogens is 1. The Balaban J connectivity index is 2.01. The number of rotatable bonds is 3. The van der Waals surface area contributed by atoms with Crippen LogP contribution in [0.5, 0.6) is 0 Å². The number of nitriles is 1. The average molecular weight is 352 g/mol. The number of nitrogens with two attached hydrogens (primary N) is 2. The first-order chi connectivity index (χ1) is 11.9. The number of anilines is 2. The summed E-state index contributed by atoms with van der Waals surface area (Å²) in [6.45, 7) is 4.49. The zero-order valence-electron chi connectivity index (χ0n) is 14.0. The van der Waals surface area contributed by atoms with Crippen molar-refractivity contribution in [2.75, 3.05) is 11.5 Å². The summed E-state index contributed by atoms with van der Waals surface area (Å²) in [4.78, 5) is 0. The number of nitrogen functional groups attached to an aromatic ring is 2. The van der Waals surface area contributed by atoms with Crippen LogP contribution in [0.3, 0.4) is 0 Å². The molecule has 6 heteroatoms. The van der Waals surface area contributed by atoms with Crippen LogP contribution in [0.4, 0.5) is 11.5 Å². The van der Waals surface area contributed by atoms with Crippen molar-refractivity contribution in [2.24, 2.45) is 0 Å².